The number of carboxylic acid groups (broad SMARTS) is 1. The number of thioether (sulfide) groups is 1. The van der Waals surface area contributed by atoms with E-state index in [9.17, 15) is 9.18 Å². The number of carbonyl (C=O) groups is 1. The summed E-state index contributed by atoms with van der Waals surface area (Å²) in [5.41, 5.74) is 1.28. The first-order chi connectivity index (χ1) is 9.93. The normalized spacial score (nSPS) is 13.0. The van der Waals surface area contributed by atoms with E-state index in [1.165, 1.54) is 12.1 Å². The Kier molecular flexibility index (Phi) is 7.47. The number of aliphatic carboxylic acids is 1. The van der Waals surface area contributed by atoms with Crippen LogP contribution in [0.3, 0.4) is 0 Å². The van der Waals surface area contributed by atoms with Gasteiger partial charge in [-0.15, -0.1) is 0 Å². The Labute approximate surface area is 129 Å². The van der Waals surface area contributed by atoms with Crippen molar-refractivity contribution >= 4 is 23.8 Å². The van der Waals surface area contributed by atoms with Crippen LogP contribution in [0.4, 0.5) is 4.39 Å². The average molecular weight is 311 g/mol. The third-order valence-corrected chi connectivity index (χ3v) is 4.03. The number of rotatable bonds is 8. The van der Waals surface area contributed by atoms with Gasteiger partial charge in [-0.2, -0.15) is 11.8 Å². The molecule has 0 heterocycles. The summed E-state index contributed by atoms with van der Waals surface area (Å²) < 4.78 is 13.6. The van der Waals surface area contributed by atoms with Gasteiger partial charge in [-0.1, -0.05) is 6.07 Å². The largest absolute Gasteiger partial charge is 0.478 e. The fraction of sp³-hybridized carbons (Fsp3) is 0.438. The second kappa shape index (κ2) is 8.85. The lowest BCUT2D eigenvalue weighted by molar-refractivity contribution is -0.131. The van der Waals surface area contributed by atoms with Gasteiger partial charge in [0.05, 0.1) is 0 Å². The minimum atomic E-state index is -1.08. The van der Waals surface area contributed by atoms with E-state index in [0.717, 1.165) is 23.8 Å². The summed E-state index contributed by atoms with van der Waals surface area (Å²) in [7, 11) is 2.04. The maximum atomic E-state index is 13.6. The van der Waals surface area contributed by atoms with Gasteiger partial charge in [-0.25, -0.2) is 9.18 Å². The molecule has 0 aliphatic heterocycles. The molecule has 0 amide bonds. The Bertz CT molecular complexity index is 505. The van der Waals surface area contributed by atoms with Crippen molar-refractivity contribution in [2.75, 3.05) is 19.1 Å². The maximum Gasteiger partial charge on any atom is 0.328 e. The summed E-state index contributed by atoms with van der Waals surface area (Å²) in [5.74, 6) is -0.376. The maximum absolute atomic E-state index is 13.6. The minimum Gasteiger partial charge on any atom is -0.478 e. The lowest BCUT2D eigenvalue weighted by Crippen LogP contribution is -2.29. The van der Waals surface area contributed by atoms with Crippen molar-refractivity contribution in [3.63, 3.8) is 0 Å². The van der Waals surface area contributed by atoms with Crippen LogP contribution in [0, 0.1) is 5.82 Å². The van der Waals surface area contributed by atoms with Gasteiger partial charge in [-0.3, -0.25) is 4.90 Å². The SMILES string of the molecule is CSCCC(C)N(C)Cc1ccc(F)c(/C=C/C(=O)O)c1. The van der Waals surface area contributed by atoms with Crippen LogP contribution in [0.1, 0.15) is 24.5 Å². The van der Waals surface area contributed by atoms with Crippen LogP contribution >= 0.6 is 11.8 Å². The van der Waals surface area contributed by atoms with Crippen LogP contribution in [-0.2, 0) is 11.3 Å². The highest BCUT2D eigenvalue weighted by Gasteiger charge is 2.10. The number of nitrogens with zero attached hydrogens (tertiary/aromatic N) is 1. The van der Waals surface area contributed by atoms with Crippen molar-refractivity contribution in [3.05, 3.63) is 41.2 Å². The molecule has 5 heteroatoms. The topological polar surface area (TPSA) is 40.5 Å². The predicted molar refractivity (Wildman–Crippen MR) is 87.0 cm³/mol. The van der Waals surface area contributed by atoms with Crippen molar-refractivity contribution in [2.24, 2.45) is 0 Å². The van der Waals surface area contributed by atoms with Gasteiger partial charge in [0, 0.05) is 24.2 Å². The van der Waals surface area contributed by atoms with Crippen LogP contribution in [0.25, 0.3) is 6.08 Å². The second-order valence-corrected chi connectivity index (χ2v) is 6.06. The molecule has 0 bridgehead atoms. The van der Waals surface area contributed by atoms with Crippen LogP contribution in [-0.4, -0.2) is 41.1 Å². The van der Waals surface area contributed by atoms with Crippen molar-refractivity contribution in [2.45, 2.75) is 25.9 Å². The Morgan fingerprint density at radius 2 is 2.24 bits per heavy atom. The summed E-state index contributed by atoms with van der Waals surface area (Å²) >= 11 is 1.83. The molecule has 21 heavy (non-hydrogen) atoms. The molecule has 0 spiro atoms. The van der Waals surface area contributed by atoms with Gasteiger partial charge in [0.15, 0.2) is 0 Å². The zero-order valence-electron chi connectivity index (χ0n) is 12.7. The first kappa shape index (κ1) is 17.7. The Hall–Kier alpha value is -1.33. The molecule has 3 nitrogen and oxygen atoms in total. The minimum absolute atomic E-state index is 0.306. The fourth-order valence-corrected chi connectivity index (χ4v) is 2.51. The van der Waals surface area contributed by atoms with Crippen LogP contribution in [0.15, 0.2) is 24.3 Å². The van der Waals surface area contributed by atoms with Crippen molar-refractivity contribution < 1.29 is 14.3 Å². The third-order valence-electron chi connectivity index (χ3n) is 3.39. The molecule has 116 valence electrons. The number of carboxylic acids is 1. The molecular formula is C16H22FNO2S. The quantitative estimate of drug-likeness (QED) is 0.746. The van der Waals surface area contributed by atoms with E-state index in [1.54, 1.807) is 12.1 Å². The van der Waals surface area contributed by atoms with E-state index in [4.69, 9.17) is 5.11 Å². The molecule has 1 rings (SSSR count). The predicted octanol–water partition coefficient (Wildman–Crippen LogP) is 3.50. The van der Waals surface area contributed by atoms with Gasteiger partial charge in [0.25, 0.3) is 0 Å². The van der Waals surface area contributed by atoms with Crippen molar-refractivity contribution in [3.8, 4) is 0 Å². The lowest BCUT2D eigenvalue weighted by Gasteiger charge is -2.24. The lowest BCUT2D eigenvalue weighted by atomic mass is 10.1. The molecule has 0 aliphatic carbocycles. The van der Waals surface area contributed by atoms with Gasteiger partial charge in [0.2, 0.25) is 0 Å². The molecule has 0 aromatic heterocycles. The number of hydrogen-bond acceptors (Lipinski definition) is 3. The zero-order chi connectivity index (χ0) is 15.8. The van der Waals surface area contributed by atoms with Crippen molar-refractivity contribution in [1.29, 1.82) is 0 Å². The Morgan fingerprint density at radius 1 is 1.52 bits per heavy atom. The number of halogens is 1. The Balaban J connectivity index is 2.75. The van der Waals surface area contributed by atoms with E-state index in [2.05, 4.69) is 18.1 Å². The smallest absolute Gasteiger partial charge is 0.328 e. The summed E-state index contributed by atoms with van der Waals surface area (Å²) in [6, 6.07) is 5.27. The number of benzene rings is 1. The highest BCUT2D eigenvalue weighted by atomic mass is 32.2. The van der Waals surface area contributed by atoms with E-state index in [1.807, 2.05) is 18.8 Å². The first-order valence-corrected chi connectivity index (χ1v) is 8.22. The molecular weight excluding hydrogens is 289 g/mol. The molecule has 1 aromatic rings. The average Bonchev–Trinajstić information content (AvgIpc) is 2.44. The van der Waals surface area contributed by atoms with E-state index >= 15 is 0 Å². The zero-order valence-corrected chi connectivity index (χ0v) is 13.5. The molecule has 0 radical (unpaired) electrons. The highest BCUT2D eigenvalue weighted by Crippen LogP contribution is 2.16. The van der Waals surface area contributed by atoms with Gasteiger partial charge in [-0.05, 0) is 56.2 Å². The summed E-state index contributed by atoms with van der Waals surface area (Å²) in [4.78, 5) is 12.7. The summed E-state index contributed by atoms with van der Waals surface area (Å²) in [5, 5.41) is 8.62. The van der Waals surface area contributed by atoms with Gasteiger partial charge in [0.1, 0.15) is 5.82 Å². The van der Waals surface area contributed by atoms with E-state index in [-0.39, 0.29) is 0 Å². The van der Waals surface area contributed by atoms with Crippen LogP contribution < -0.4 is 0 Å². The molecule has 0 saturated carbocycles. The molecule has 1 unspecified atom stereocenters. The van der Waals surface area contributed by atoms with Crippen molar-refractivity contribution in [1.82, 2.24) is 4.90 Å². The van der Waals surface area contributed by atoms with Gasteiger partial charge < -0.3 is 5.11 Å². The summed E-state index contributed by atoms with van der Waals surface area (Å²) in [6.07, 6.45) is 5.43. The third kappa shape index (κ3) is 6.31. The van der Waals surface area contributed by atoms with E-state index < -0.39 is 11.8 Å². The van der Waals surface area contributed by atoms with E-state index in [0.29, 0.717) is 18.2 Å². The molecule has 1 atom stereocenters. The highest BCUT2D eigenvalue weighted by molar-refractivity contribution is 7.98. The fourth-order valence-electron chi connectivity index (χ4n) is 1.93. The molecule has 1 aromatic carbocycles. The molecule has 0 saturated heterocycles. The van der Waals surface area contributed by atoms with Gasteiger partial charge >= 0.3 is 5.97 Å². The number of hydrogen-bond donors (Lipinski definition) is 1. The second-order valence-electron chi connectivity index (χ2n) is 5.07. The first-order valence-electron chi connectivity index (χ1n) is 6.82. The Morgan fingerprint density at radius 3 is 2.86 bits per heavy atom. The standard InChI is InChI=1S/C16H22FNO2S/c1-12(8-9-21-3)18(2)11-13-4-6-15(17)14(10-13)5-7-16(19)20/h4-7,10,12H,8-9,11H2,1-3H3,(H,19,20)/b7-5+. The monoisotopic (exact) mass is 311 g/mol. The van der Waals surface area contributed by atoms with Crippen LogP contribution in [0.5, 0.6) is 0 Å². The molecule has 0 fully saturated rings. The van der Waals surface area contributed by atoms with Crippen LogP contribution in [0.2, 0.25) is 0 Å². The molecule has 0 aliphatic rings. The summed E-state index contributed by atoms with van der Waals surface area (Å²) in [6.45, 7) is 2.88. The molecule has 1 N–H and O–H groups in total.